The molecular weight excluding hydrogens is 377 g/mol. The quantitative estimate of drug-likeness (QED) is 0.574. The Bertz CT molecular complexity index is 882. The van der Waals surface area contributed by atoms with Crippen LogP contribution in [-0.4, -0.2) is 45.3 Å². The van der Waals surface area contributed by atoms with Crippen molar-refractivity contribution in [2.75, 3.05) is 32.7 Å². The largest absolute Gasteiger partial charge is 0.493 e. The van der Waals surface area contributed by atoms with Gasteiger partial charge in [-0.1, -0.05) is 6.07 Å². The molecule has 0 aromatic heterocycles. The number of benzene rings is 2. The van der Waals surface area contributed by atoms with Gasteiger partial charge in [0.25, 0.3) is 5.91 Å². The first-order valence-corrected chi connectivity index (χ1v) is 9.31. The predicted octanol–water partition coefficient (Wildman–Crippen LogP) is 3.22. The van der Waals surface area contributed by atoms with E-state index in [0.29, 0.717) is 30.3 Å². The number of anilines is 1. The fraction of sp³-hybridized carbons (Fsp3) is 0.333. The van der Waals surface area contributed by atoms with Crippen molar-refractivity contribution < 1.29 is 23.4 Å². The van der Waals surface area contributed by atoms with E-state index < -0.39 is 11.7 Å². The molecule has 2 aromatic rings. The third-order valence-corrected chi connectivity index (χ3v) is 4.44. The van der Waals surface area contributed by atoms with E-state index in [2.05, 4.69) is 15.6 Å². The van der Waals surface area contributed by atoms with Gasteiger partial charge in [-0.05, 0) is 43.2 Å². The van der Waals surface area contributed by atoms with Gasteiger partial charge in [-0.25, -0.2) is 9.38 Å². The van der Waals surface area contributed by atoms with E-state index in [1.807, 2.05) is 0 Å². The lowest BCUT2D eigenvalue weighted by Gasteiger charge is -2.15. The number of carbonyl (C=O) groups excluding carboxylic acids is 1. The number of nitrogens with one attached hydrogen (secondary N) is 2. The Hall–Kier alpha value is -3.13. The first-order valence-electron chi connectivity index (χ1n) is 9.31. The molecule has 1 fully saturated rings. The van der Waals surface area contributed by atoms with Crippen LogP contribution in [0.25, 0.3) is 0 Å². The summed E-state index contributed by atoms with van der Waals surface area (Å²) in [4.78, 5) is 17.0. The monoisotopic (exact) mass is 401 g/mol. The molecule has 0 saturated carbocycles. The zero-order valence-corrected chi connectivity index (χ0v) is 16.4. The molecule has 0 bridgehead atoms. The Labute approximate surface area is 168 Å². The van der Waals surface area contributed by atoms with Gasteiger partial charge in [0, 0.05) is 23.9 Å². The molecule has 3 rings (SSSR count). The van der Waals surface area contributed by atoms with Crippen molar-refractivity contribution in [2.45, 2.75) is 18.9 Å². The molecule has 0 spiro atoms. The second-order valence-corrected chi connectivity index (χ2v) is 6.48. The number of rotatable bonds is 6. The Morgan fingerprint density at radius 2 is 2.03 bits per heavy atom. The molecule has 1 heterocycles. The standard InChI is InChI=1S/C21H24FN3O4/c1-27-18-9-8-16(12-19(18)28-2)24-21(23-13-17-7-4-10-29-17)25-20(26)14-5-3-6-15(22)11-14/h3,5-6,8-9,11-12,17H,4,7,10,13H2,1-2H3,(H2,23,24,25,26)/t17-/m1/s1. The summed E-state index contributed by atoms with van der Waals surface area (Å²) >= 11 is 0. The number of aliphatic imine (C=N–C) groups is 1. The summed E-state index contributed by atoms with van der Waals surface area (Å²) in [6, 6.07) is 10.7. The second-order valence-electron chi connectivity index (χ2n) is 6.48. The van der Waals surface area contributed by atoms with E-state index in [0.717, 1.165) is 12.8 Å². The van der Waals surface area contributed by atoms with Crippen molar-refractivity contribution in [1.29, 1.82) is 0 Å². The number of carbonyl (C=O) groups is 1. The lowest BCUT2D eigenvalue weighted by atomic mass is 10.2. The van der Waals surface area contributed by atoms with Crippen LogP contribution in [-0.2, 0) is 4.74 Å². The zero-order valence-electron chi connectivity index (χ0n) is 16.4. The van der Waals surface area contributed by atoms with Gasteiger partial charge >= 0.3 is 0 Å². The van der Waals surface area contributed by atoms with Crippen LogP contribution in [0.3, 0.4) is 0 Å². The molecular formula is C21H24FN3O4. The topological polar surface area (TPSA) is 81.2 Å². The smallest absolute Gasteiger partial charge is 0.258 e. The highest BCUT2D eigenvalue weighted by atomic mass is 19.1. The highest BCUT2D eigenvalue weighted by Crippen LogP contribution is 2.29. The molecule has 2 N–H and O–H groups in total. The SMILES string of the molecule is COc1ccc(NC(=NC[C@H]2CCCO2)NC(=O)c2cccc(F)c2)cc1OC. The van der Waals surface area contributed by atoms with Crippen molar-refractivity contribution in [3.8, 4) is 11.5 Å². The van der Waals surface area contributed by atoms with Crippen molar-refractivity contribution in [3.63, 3.8) is 0 Å². The molecule has 1 saturated heterocycles. The first-order chi connectivity index (χ1) is 14.1. The van der Waals surface area contributed by atoms with Crippen molar-refractivity contribution in [1.82, 2.24) is 5.32 Å². The molecule has 0 aliphatic carbocycles. The summed E-state index contributed by atoms with van der Waals surface area (Å²) in [5, 5.41) is 5.78. The van der Waals surface area contributed by atoms with Crippen LogP contribution < -0.4 is 20.1 Å². The maximum atomic E-state index is 13.5. The van der Waals surface area contributed by atoms with E-state index >= 15 is 0 Å². The van der Waals surface area contributed by atoms with Gasteiger partial charge in [-0.15, -0.1) is 0 Å². The average molecular weight is 401 g/mol. The van der Waals surface area contributed by atoms with Crippen LogP contribution >= 0.6 is 0 Å². The number of halogens is 1. The van der Waals surface area contributed by atoms with Gasteiger partial charge in [-0.2, -0.15) is 0 Å². The minimum Gasteiger partial charge on any atom is -0.493 e. The predicted molar refractivity (Wildman–Crippen MR) is 108 cm³/mol. The van der Waals surface area contributed by atoms with Crippen LogP contribution in [0.2, 0.25) is 0 Å². The van der Waals surface area contributed by atoms with Gasteiger partial charge < -0.3 is 19.5 Å². The summed E-state index contributed by atoms with van der Waals surface area (Å²) in [6.07, 6.45) is 1.93. The zero-order chi connectivity index (χ0) is 20.6. The number of methoxy groups -OCH3 is 2. The van der Waals surface area contributed by atoms with Crippen molar-refractivity contribution in [2.24, 2.45) is 4.99 Å². The van der Waals surface area contributed by atoms with E-state index in [9.17, 15) is 9.18 Å². The van der Waals surface area contributed by atoms with E-state index in [1.165, 1.54) is 24.3 Å². The van der Waals surface area contributed by atoms with Crippen LogP contribution in [0.15, 0.2) is 47.5 Å². The molecule has 1 aliphatic rings. The number of ether oxygens (including phenoxy) is 3. The third-order valence-electron chi connectivity index (χ3n) is 4.44. The second kappa shape index (κ2) is 9.88. The summed E-state index contributed by atoms with van der Waals surface area (Å²) in [5.74, 6) is 0.404. The van der Waals surface area contributed by atoms with Gasteiger partial charge in [0.1, 0.15) is 5.82 Å². The Morgan fingerprint density at radius 3 is 2.72 bits per heavy atom. The maximum absolute atomic E-state index is 13.5. The Balaban J connectivity index is 1.78. The lowest BCUT2D eigenvalue weighted by Crippen LogP contribution is -2.36. The molecule has 2 aromatic carbocycles. The highest BCUT2D eigenvalue weighted by Gasteiger charge is 2.16. The maximum Gasteiger partial charge on any atom is 0.258 e. The molecule has 1 atom stereocenters. The molecule has 154 valence electrons. The fourth-order valence-electron chi connectivity index (χ4n) is 2.95. The number of guanidine groups is 1. The minimum atomic E-state index is -0.483. The number of nitrogens with zero attached hydrogens (tertiary/aromatic N) is 1. The van der Waals surface area contributed by atoms with Crippen LogP contribution in [0, 0.1) is 5.82 Å². The molecule has 0 unspecified atom stereocenters. The Kier molecular flexibility index (Phi) is 7.02. The number of hydrogen-bond donors (Lipinski definition) is 2. The van der Waals surface area contributed by atoms with Crippen molar-refractivity contribution >= 4 is 17.6 Å². The molecule has 7 nitrogen and oxygen atoms in total. The van der Waals surface area contributed by atoms with Gasteiger partial charge in [0.05, 0.1) is 26.9 Å². The summed E-state index contributed by atoms with van der Waals surface area (Å²) in [6.45, 7) is 1.12. The normalized spacial score (nSPS) is 16.4. The fourth-order valence-corrected chi connectivity index (χ4v) is 2.95. The Morgan fingerprint density at radius 1 is 1.21 bits per heavy atom. The number of hydrogen-bond acceptors (Lipinski definition) is 5. The summed E-state index contributed by atoms with van der Waals surface area (Å²) < 4.78 is 29.6. The summed E-state index contributed by atoms with van der Waals surface area (Å²) in [7, 11) is 3.10. The number of amides is 1. The first kappa shape index (κ1) is 20.6. The van der Waals surface area contributed by atoms with E-state index in [1.54, 1.807) is 32.4 Å². The van der Waals surface area contributed by atoms with Gasteiger partial charge in [-0.3, -0.25) is 10.1 Å². The third kappa shape index (κ3) is 5.68. The van der Waals surface area contributed by atoms with Crippen LogP contribution in [0.4, 0.5) is 10.1 Å². The average Bonchev–Trinajstić information content (AvgIpc) is 3.25. The van der Waals surface area contributed by atoms with Gasteiger partial charge in [0.15, 0.2) is 11.5 Å². The molecule has 1 aliphatic heterocycles. The van der Waals surface area contributed by atoms with Gasteiger partial charge in [0.2, 0.25) is 5.96 Å². The summed E-state index contributed by atoms with van der Waals surface area (Å²) in [5.41, 5.74) is 0.845. The molecule has 8 heteroatoms. The molecule has 1 amide bonds. The van der Waals surface area contributed by atoms with Crippen LogP contribution in [0.5, 0.6) is 11.5 Å². The minimum absolute atomic E-state index is 0.0169. The van der Waals surface area contributed by atoms with Crippen LogP contribution in [0.1, 0.15) is 23.2 Å². The lowest BCUT2D eigenvalue weighted by molar-refractivity contribution is 0.0975. The molecule has 29 heavy (non-hydrogen) atoms. The molecule has 0 radical (unpaired) electrons. The van der Waals surface area contributed by atoms with Crippen molar-refractivity contribution in [3.05, 3.63) is 53.8 Å². The highest BCUT2D eigenvalue weighted by molar-refractivity contribution is 6.10. The van der Waals surface area contributed by atoms with E-state index in [-0.39, 0.29) is 17.6 Å². The van der Waals surface area contributed by atoms with E-state index in [4.69, 9.17) is 14.2 Å².